The Hall–Kier alpha value is -0.110. The van der Waals surface area contributed by atoms with Gasteiger partial charge in [-0.15, -0.1) is 0 Å². The molecule has 0 unspecified atom stereocenters. The Morgan fingerprint density at radius 1 is 1.30 bits per heavy atom. The summed E-state index contributed by atoms with van der Waals surface area (Å²) in [6, 6.07) is 0. The van der Waals surface area contributed by atoms with Crippen molar-refractivity contribution in [2.75, 3.05) is 20.4 Å². The standard InChI is InChI=1S/C7H14O.CH3F/c1-2-7-3-5-8-6-4-7;1-2/h7H,2-6H2,1H3;1H3. The minimum atomic E-state index is 0.500. The van der Waals surface area contributed by atoms with Crippen LogP contribution in [0.25, 0.3) is 0 Å². The second-order valence-corrected chi connectivity index (χ2v) is 2.46. The van der Waals surface area contributed by atoms with E-state index in [2.05, 4.69) is 6.92 Å². The molecule has 0 aromatic heterocycles. The lowest BCUT2D eigenvalue weighted by Gasteiger charge is -2.19. The Kier molecular flexibility index (Phi) is 6.93. The lowest BCUT2D eigenvalue weighted by atomic mass is 9.98. The average molecular weight is 148 g/mol. The van der Waals surface area contributed by atoms with Gasteiger partial charge in [0.25, 0.3) is 0 Å². The van der Waals surface area contributed by atoms with Crippen LogP contribution in [0.2, 0.25) is 0 Å². The predicted molar refractivity (Wildman–Crippen MR) is 40.9 cm³/mol. The summed E-state index contributed by atoms with van der Waals surface area (Å²) in [5, 5.41) is 0. The smallest absolute Gasteiger partial charge is 0.0785 e. The first-order valence-electron chi connectivity index (χ1n) is 3.89. The molecule has 1 fully saturated rings. The van der Waals surface area contributed by atoms with Gasteiger partial charge in [-0.05, 0) is 18.8 Å². The van der Waals surface area contributed by atoms with E-state index in [-0.39, 0.29) is 0 Å². The van der Waals surface area contributed by atoms with Crippen LogP contribution in [-0.4, -0.2) is 20.4 Å². The number of hydrogen-bond donors (Lipinski definition) is 0. The van der Waals surface area contributed by atoms with Crippen molar-refractivity contribution in [1.29, 1.82) is 0 Å². The zero-order valence-electron chi connectivity index (χ0n) is 6.90. The van der Waals surface area contributed by atoms with E-state index >= 15 is 0 Å². The van der Waals surface area contributed by atoms with Crippen molar-refractivity contribution in [2.45, 2.75) is 26.2 Å². The molecule has 0 aromatic carbocycles. The van der Waals surface area contributed by atoms with Crippen molar-refractivity contribution in [3.63, 3.8) is 0 Å². The molecule has 0 bridgehead atoms. The normalized spacial score (nSPS) is 19.5. The summed E-state index contributed by atoms with van der Waals surface area (Å²) in [4.78, 5) is 0. The molecule has 0 aliphatic carbocycles. The molecule has 1 aliphatic heterocycles. The maximum atomic E-state index is 9.50. The van der Waals surface area contributed by atoms with Crippen molar-refractivity contribution in [3.05, 3.63) is 0 Å². The van der Waals surface area contributed by atoms with E-state index in [1.807, 2.05) is 0 Å². The Morgan fingerprint density at radius 2 is 1.80 bits per heavy atom. The molecule has 10 heavy (non-hydrogen) atoms. The van der Waals surface area contributed by atoms with Gasteiger partial charge in [0.15, 0.2) is 0 Å². The fourth-order valence-corrected chi connectivity index (χ4v) is 1.15. The molecule has 1 nitrogen and oxygen atoms in total. The van der Waals surface area contributed by atoms with Crippen LogP contribution in [0.1, 0.15) is 26.2 Å². The first-order valence-corrected chi connectivity index (χ1v) is 3.89. The molecule has 1 heterocycles. The molecule has 1 rings (SSSR count). The summed E-state index contributed by atoms with van der Waals surface area (Å²) in [5.41, 5.74) is 0. The molecule has 0 saturated carbocycles. The summed E-state index contributed by atoms with van der Waals surface area (Å²) in [7, 11) is 0.500. The Labute approximate surface area is 62.6 Å². The van der Waals surface area contributed by atoms with E-state index in [1.54, 1.807) is 0 Å². The molecule has 1 aliphatic rings. The summed E-state index contributed by atoms with van der Waals surface area (Å²) in [6.07, 6.45) is 3.91. The van der Waals surface area contributed by atoms with Gasteiger partial charge in [0.1, 0.15) is 0 Å². The van der Waals surface area contributed by atoms with E-state index in [0.717, 1.165) is 19.1 Å². The second kappa shape index (κ2) is 7.00. The lowest BCUT2D eigenvalue weighted by Crippen LogP contribution is -2.14. The van der Waals surface area contributed by atoms with Gasteiger partial charge in [-0.25, -0.2) is 0 Å². The molecular weight excluding hydrogens is 131 g/mol. The average Bonchev–Trinajstić information content (AvgIpc) is 2.10. The first-order chi connectivity index (χ1) is 4.93. The highest BCUT2D eigenvalue weighted by Crippen LogP contribution is 2.16. The maximum absolute atomic E-state index is 9.50. The summed E-state index contributed by atoms with van der Waals surface area (Å²) in [6.45, 7) is 4.26. The zero-order valence-corrected chi connectivity index (χ0v) is 6.90. The number of halogens is 1. The highest BCUT2D eigenvalue weighted by molar-refractivity contribution is 4.60. The quantitative estimate of drug-likeness (QED) is 0.555. The van der Waals surface area contributed by atoms with Gasteiger partial charge >= 0.3 is 0 Å². The van der Waals surface area contributed by atoms with Crippen LogP contribution in [-0.2, 0) is 4.74 Å². The number of rotatable bonds is 1. The van der Waals surface area contributed by atoms with Gasteiger partial charge in [0.05, 0.1) is 7.18 Å². The van der Waals surface area contributed by atoms with E-state index in [1.165, 1.54) is 19.3 Å². The highest BCUT2D eigenvalue weighted by Gasteiger charge is 2.09. The molecular formula is C8H17FO. The van der Waals surface area contributed by atoms with Gasteiger partial charge in [0.2, 0.25) is 0 Å². The molecule has 0 N–H and O–H groups in total. The topological polar surface area (TPSA) is 9.23 Å². The minimum Gasteiger partial charge on any atom is -0.381 e. The van der Waals surface area contributed by atoms with Gasteiger partial charge in [-0.2, -0.15) is 0 Å². The van der Waals surface area contributed by atoms with Crippen LogP contribution in [0.15, 0.2) is 0 Å². The van der Waals surface area contributed by atoms with Crippen molar-refractivity contribution in [2.24, 2.45) is 5.92 Å². The molecule has 0 aromatic rings. The van der Waals surface area contributed by atoms with Gasteiger partial charge in [-0.3, -0.25) is 4.39 Å². The molecule has 62 valence electrons. The van der Waals surface area contributed by atoms with E-state index in [9.17, 15) is 4.39 Å². The van der Waals surface area contributed by atoms with Crippen LogP contribution in [0, 0.1) is 5.92 Å². The Morgan fingerprint density at radius 3 is 2.10 bits per heavy atom. The van der Waals surface area contributed by atoms with Gasteiger partial charge < -0.3 is 4.74 Å². The molecule has 0 amide bonds. The molecule has 0 atom stereocenters. The van der Waals surface area contributed by atoms with Crippen LogP contribution in [0.5, 0.6) is 0 Å². The van der Waals surface area contributed by atoms with E-state index < -0.39 is 0 Å². The van der Waals surface area contributed by atoms with Crippen LogP contribution in [0.3, 0.4) is 0 Å². The van der Waals surface area contributed by atoms with E-state index in [4.69, 9.17) is 4.74 Å². The maximum Gasteiger partial charge on any atom is 0.0785 e. The van der Waals surface area contributed by atoms with Crippen LogP contribution < -0.4 is 0 Å². The molecule has 1 saturated heterocycles. The number of alkyl halides is 1. The van der Waals surface area contributed by atoms with Crippen LogP contribution in [0.4, 0.5) is 4.39 Å². The third-order valence-corrected chi connectivity index (χ3v) is 1.92. The monoisotopic (exact) mass is 148 g/mol. The third-order valence-electron chi connectivity index (χ3n) is 1.92. The van der Waals surface area contributed by atoms with Crippen LogP contribution >= 0.6 is 0 Å². The zero-order chi connectivity index (χ0) is 7.82. The third kappa shape index (κ3) is 3.83. The van der Waals surface area contributed by atoms with Crippen molar-refractivity contribution < 1.29 is 9.13 Å². The predicted octanol–water partition coefficient (Wildman–Crippen LogP) is 2.41. The largest absolute Gasteiger partial charge is 0.381 e. The number of ether oxygens (including phenoxy) is 1. The molecule has 0 spiro atoms. The number of hydrogen-bond acceptors (Lipinski definition) is 1. The fraction of sp³-hybridized carbons (Fsp3) is 1.00. The highest BCUT2D eigenvalue weighted by atomic mass is 19.1. The van der Waals surface area contributed by atoms with Crippen molar-refractivity contribution >= 4 is 0 Å². The Balaban J connectivity index is 0.000000371. The summed E-state index contributed by atoms with van der Waals surface area (Å²) >= 11 is 0. The SMILES string of the molecule is CCC1CCOCC1.CF. The molecule has 0 radical (unpaired) electrons. The fourth-order valence-electron chi connectivity index (χ4n) is 1.15. The summed E-state index contributed by atoms with van der Waals surface area (Å²) < 4.78 is 14.7. The van der Waals surface area contributed by atoms with Crippen molar-refractivity contribution in [1.82, 2.24) is 0 Å². The first kappa shape index (κ1) is 9.89. The van der Waals surface area contributed by atoms with Crippen molar-refractivity contribution in [3.8, 4) is 0 Å². The summed E-state index contributed by atoms with van der Waals surface area (Å²) in [5.74, 6) is 0.962. The minimum absolute atomic E-state index is 0.500. The Bertz CT molecular complexity index is 60.3. The second-order valence-electron chi connectivity index (χ2n) is 2.46. The van der Waals surface area contributed by atoms with E-state index in [0.29, 0.717) is 7.18 Å². The molecule has 2 heteroatoms. The lowest BCUT2D eigenvalue weighted by molar-refractivity contribution is 0.0654. The van der Waals surface area contributed by atoms with Gasteiger partial charge in [-0.1, -0.05) is 13.3 Å². The van der Waals surface area contributed by atoms with Gasteiger partial charge in [0, 0.05) is 13.2 Å².